The highest BCUT2D eigenvalue weighted by Gasteiger charge is 2.23. The van der Waals surface area contributed by atoms with Crippen molar-refractivity contribution in [2.24, 2.45) is 0 Å². The SMILES string of the molecule is Oc1ccc2c(Br)nc(C3CCOC3)n2c1. The van der Waals surface area contributed by atoms with Crippen molar-refractivity contribution in [2.45, 2.75) is 12.3 Å². The van der Waals surface area contributed by atoms with Crippen molar-refractivity contribution < 1.29 is 9.84 Å². The van der Waals surface area contributed by atoms with Crippen LogP contribution in [0.3, 0.4) is 0 Å². The van der Waals surface area contributed by atoms with Crippen molar-refractivity contribution in [2.75, 3.05) is 13.2 Å². The fraction of sp³-hybridized carbons (Fsp3) is 0.364. The lowest BCUT2D eigenvalue weighted by molar-refractivity contribution is 0.193. The maximum Gasteiger partial charge on any atom is 0.132 e. The van der Waals surface area contributed by atoms with Gasteiger partial charge in [0.1, 0.15) is 16.2 Å². The zero-order chi connectivity index (χ0) is 11.1. The van der Waals surface area contributed by atoms with Crippen molar-refractivity contribution >= 4 is 21.4 Å². The Morgan fingerprint density at radius 2 is 2.38 bits per heavy atom. The van der Waals surface area contributed by atoms with E-state index in [1.54, 1.807) is 12.3 Å². The van der Waals surface area contributed by atoms with Gasteiger partial charge in [0.05, 0.1) is 18.3 Å². The first-order chi connectivity index (χ1) is 7.75. The summed E-state index contributed by atoms with van der Waals surface area (Å²) in [6.45, 7) is 1.50. The standard InChI is InChI=1S/C11H11BrN2O2/c12-10-9-2-1-8(15)5-14(9)11(13-10)7-3-4-16-6-7/h1-2,5,7,15H,3-4,6H2. The second kappa shape index (κ2) is 3.75. The zero-order valence-corrected chi connectivity index (χ0v) is 10.1. The summed E-state index contributed by atoms with van der Waals surface area (Å²) in [4.78, 5) is 4.50. The van der Waals surface area contributed by atoms with E-state index in [4.69, 9.17) is 4.74 Å². The predicted octanol–water partition coefficient (Wildman–Crippen LogP) is 2.31. The number of hydrogen-bond acceptors (Lipinski definition) is 3. The van der Waals surface area contributed by atoms with Crippen molar-refractivity contribution in [3.05, 3.63) is 28.8 Å². The second-order valence-corrected chi connectivity index (χ2v) is 4.72. The molecule has 5 heteroatoms. The molecule has 1 atom stereocenters. The Kier molecular flexibility index (Phi) is 2.37. The highest BCUT2D eigenvalue weighted by Crippen LogP contribution is 2.29. The molecule has 1 aliphatic rings. The molecular formula is C11H11BrN2O2. The number of pyridine rings is 1. The van der Waals surface area contributed by atoms with Crippen LogP contribution in [0.15, 0.2) is 22.9 Å². The van der Waals surface area contributed by atoms with Crippen LogP contribution in [0.5, 0.6) is 5.75 Å². The Morgan fingerprint density at radius 1 is 1.50 bits per heavy atom. The molecule has 3 rings (SSSR count). The average molecular weight is 283 g/mol. The highest BCUT2D eigenvalue weighted by molar-refractivity contribution is 9.10. The van der Waals surface area contributed by atoms with Crippen LogP contribution in [0.4, 0.5) is 0 Å². The molecule has 0 saturated carbocycles. The number of halogens is 1. The number of imidazole rings is 1. The molecule has 0 spiro atoms. The Hall–Kier alpha value is -1.07. The minimum Gasteiger partial charge on any atom is -0.506 e. The van der Waals surface area contributed by atoms with Crippen LogP contribution < -0.4 is 0 Å². The third kappa shape index (κ3) is 1.51. The Bertz CT molecular complexity index is 532. The van der Waals surface area contributed by atoms with Crippen molar-refractivity contribution in [3.63, 3.8) is 0 Å². The molecular weight excluding hydrogens is 272 g/mol. The molecule has 1 N–H and O–H groups in total. The van der Waals surface area contributed by atoms with Gasteiger partial charge in [0.15, 0.2) is 0 Å². The Balaban J connectivity index is 2.19. The van der Waals surface area contributed by atoms with Crippen LogP contribution >= 0.6 is 15.9 Å². The summed E-state index contributed by atoms with van der Waals surface area (Å²) in [6.07, 6.45) is 2.68. The number of rotatable bonds is 1. The van der Waals surface area contributed by atoms with Crippen molar-refractivity contribution in [3.8, 4) is 5.75 Å². The van der Waals surface area contributed by atoms with Gasteiger partial charge in [-0.25, -0.2) is 4.98 Å². The lowest BCUT2D eigenvalue weighted by Gasteiger charge is -2.06. The summed E-state index contributed by atoms with van der Waals surface area (Å²) in [5.41, 5.74) is 0.972. The number of aromatic nitrogens is 2. The zero-order valence-electron chi connectivity index (χ0n) is 8.56. The molecule has 1 fully saturated rings. The molecule has 0 aromatic carbocycles. The topological polar surface area (TPSA) is 46.8 Å². The number of hydrogen-bond donors (Lipinski definition) is 1. The van der Waals surface area contributed by atoms with Gasteiger partial charge in [-0.1, -0.05) is 0 Å². The number of fused-ring (bicyclic) bond motifs is 1. The molecule has 2 aromatic rings. The lowest BCUT2D eigenvalue weighted by Crippen LogP contribution is -2.03. The molecule has 0 radical (unpaired) electrons. The first-order valence-corrected chi connectivity index (χ1v) is 5.99. The molecule has 0 aliphatic carbocycles. The van der Waals surface area contributed by atoms with Gasteiger partial charge in [0.25, 0.3) is 0 Å². The van der Waals surface area contributed by atoms with Crippen LogP contribution in [0.25, 0.3) is 5.52 Å². The van der Waals surface area contributed by atoms with E-state index in [1.165, 1.54) is 0 Å². The quantitative estimate of drug-likeness (QED) is 0.873. The molecule has 1 unspecified atom stereocenters. The van der Waals surface area contributed by atoms with Gasteiger partial charge in [-0.15, -0.1) is 0 Å². The van der Waals surface area contributed by atoms with E-state index >= 15 is 0 Å². The predicted molar refractivity (Wildman–Crippen MR) is 62.7 cm³/mol. The molecule has 0 amide bonds. The Labute approximate surface area is 101 Å². The molecule has 1 aliphatic heterocycles. The van der Waals surface area contributed by atoms with E-state index in [1.807, 2.05) is 10.5 Å². The largest absolute Gasteiger partial charge is 0.506 e. The monoisotopic (exact) mass is 282 g/mol. The molecule has 0 bridgehead atoms. The number of aromatic hydroxyl groups is 1. The summed E-state index contributed by atoms with van der Waals surface area (Å²) in [7, 11) is 0. The summed E-state index contributed by atoms with van der Waals surface area (Å²) in [5.74, 6) is 1.52. The van der Waals surface area contributed by atoms with Crippen LogP contribution in [-0.4, -0.2) is 27.7 Å². The maximum absolute atomic E-state index is 9.51. The second-order valence-electron chi connectivity index (χ2n) is 3.96. The van der Waals surface area contributed by atoms with E-state index in [0.717, 1.165) is 29.0 Å². The molecule has 3 heterocycles. The molecule has 2 aromatic heterocycles. The van der Waals surface area contributed by atoms with Crippen LogP contribution in [0, 0.1) is 0 Å². The lowest BCUT2D eigenvalue weighted by atomic mass is 10.1. The normalized spacial score (nSPS) is 20.7. The van der Waals surface area contributed by atoms with Gasteiger partial charge >= 0.3 is 0 Å². The van der Waals surface area contributed by atoms with Crippen molar-refractivity contribution in [1.29, 1.82) is 0 Å². The summed E-state index contributed by atoms with van der Waals surface area (Å²) in [5, 5.41) is 9.51. The van der Waals surface area contributed by atoms with Gasteiger partial charge < -0.3 is 9.84 Å². The average Bonchev–Trinajstić information content (AvgIpc) is 2.86. The summed E-state index contributed by atoms with van der Waals surface area (Å²) < 4.78 is 8.11. The van der Waals surface area contributed by atoms with Crippen LogP contribution in [-0.2, 0) is 4.74 Å². The smallest absolute Gasteiger partial charge is 0.132 e. The minimum atomic E-state index is 0.248. The third-order valence-electron chi connectivity index (χ3n) is 2.90. The molecule has 4 nitrogen and oxygen atoms in total. The minimum absolute atomic E-state index is 0.248. The van der Waals surface area contributed by atoms with Gasteiger partial charge in [-0.2, -0.15) is 0 Å². The van der Waals surface area contributed by atoms with E-state index in [9.17, 15) is 5.11 Å². The molecule has 84 valence electrons. The van der Waals surface area contributed by atoms with Gasteiger partial charge in [-0.3, -0.25) is 4.40 Å². The van der Waals surface area contributed by atoms with E-state index in [-0.39, 0.29) is 5.75 Å². The van der Waals surface area contributed by atoms with Gasteiger partial charge in [0, 0.05) is 12.5 Å². The maximum atomic E-state index is 9.51. The van der Waals surface area contributed by atoms with E-state index < -0.39 is 0 Å². The summed E-state index contributed by atoms with van der Waals surface area (Å²) >= 11 is 3.43. The molecule has 1 saturated heterocycles. The van der Waals surface area contributed by atoms with Crippen LogP contribution in [0.2, 0.25) is 0 Å². The van der Waals surface area contributed by atoms with Gasteiger partial charge in [-0.05, 0) is 34.5 Å². The van der Waals surface area contributed by atoms with E-state index in [0.29, 0.717) is 12.5 Å². The first kappa shape index (κ1) is 10.1. The number of ether oxygens (including phenoxy) is 1. The van der Waals surface area contributed by atoms with Crippen LogP contribution in [0.1, 0.15) is 18.2 Å². The highest BCUT2D eigenvalue weighted by atomic mass is 79.9. The first-order valence-electron chi connectivity index (χ1n) is 5.20. The van der Waals surface area contributed by atoms with Gasteiger partial charge in [0.2, 0.25) is 0 Å². The third-order valence-corrected chi connectivity index (χ3v) is 3.48. The van der Waals surface area contributed by atoms with Crippen molar-refractivity contribution in [1.82, 2.24) is 9.38 Å². The number of nitrogens with zero attached hydrogens (tertiary/aromatic N) is 2. The molecule has 16 heavy (non-hydrogen) atoms. The summed E-state index contributed by atoms with van der Waals surface area (Å²) in [6, 6.07) is 3.52. The Morgan fingerprint density at radius 3 is 3.12 bits per heavy atom. The fourth-order valence-corrected chi connectivity index (χ4v) is 2.59. The fourth-order valence-electron chi connectivity index (χ4n) is 2.09. The van der Waals surface area contributed by atoms with E-state index in [2.05, 4.69) is 20.9 Å².